The Morgan fingerprint density at radius 2 is 1.55 bits per heavy atom. The number of pyridine rings is 1. The van der Waals surface area contributed by atoms with E-state index < -0.39 is 11.7 Å². The number of benzene rings is 2. The van der Waals surface area contributed by atoms with Crippen LogP contribution in [-0.4, -0.2) is 21.4 Å². The Morgan fingerprint density at radius 3 is 2.16 bits per heavy atom. The number of carbonyl (C=O) groups is 1. The molecule has 4 aromatic rings. The smallest absolute Gasteiger partial charge is 0.417 e. The van der Waals surface area contributed by atoms with Crippen molar-refractivity contribution in [3.63, 3.8) is 0 Å². The second-order valence-electron chi connectivity index (χ2n) is 8.23. The van der Waals surface area contributed by atoms with E-state index >= 15 is 0 Å². The molecular weight excluding hydrogens is 519 g/mol. The van der Waals surface area contributed by atoms with Gasteiger partial charge in [-0.1, -0.05) is 41.4 Å². The minimum atomic E-state index is -4.41. The van der Waals surface area contributed by atoms with Crippen LogP contribution in [0.15, 0.2) is 73.2 Å². The Morgan fingerprint density at radius 1 is 0.868 bits per heavy atom. The summed E-state index contributed by atoms with van der Waals surface area (Å²) < 4.78 is 47.7. The van der Waals surface area contributed by atoms with Crippen LogP contribution in [-0.2, 0) is 23.8 Å². The molecule has 0 aliphatic carbocycles. The first-order chi connectivity index (χ1) is 18.2. The molecule has 2 heterocycles. The van der Waals surface area contributed by atoms with Gasteiger partial charge in [-0.2, -0.15) is 13.2 Å². The number of hydrogen-bond donors (Lipinski definition) is 0. The number of nitrogens with zero attached hydrogens (tertiary/aromatic N) is 3. The first kappa shape index (κ1) is 28.6. The molecule has 2 aromatic heterocycles. The quantitative estimate of drug-likeness (QED) is 0.216. The van der Waals surface area contributed by atoms with Crippen molar-refractivity contribution in [2.24, 2.45) is 0 Å². The van der Waals surface area contributed by atoms with Crippen molar-refractivity contribution in [2.45, 2.75) is 39.3 Å². The molecule has 0 unspecified atom stereocenters. The topological polar surface area (TPSA) is 74.2 Å². The van der Waals surface area contributed by atoms with Crippen LogP contribution in [0, 0.1) is 13.8 Å². The van der Waals surface area contributed by atoms with Crippen molar-refractivity contribution in [1.82, 2.24) is 15.0 Å². The minimum absolute atomic E-state index is 0.106. The largest absolute Gasteiger partial charge is 0.439 e. The molecule has 2 aromatic carbocycles. The normalized spacial score (nSPS) is 10.8. The van der Waals surface area contributed by atoms with Gasteiger partial charge < -0.3 is 9.47 Å². The third kappa shape index (κ3) is 8.85. The van der Waals surface area contributed by atoms with Gasteiger partial charge in [-0.25, -0.2) is 15.0 Å². The highest BCUT2D eigenvalue weighted by molar-refractivity contribution is 6.31. The Balaban J connectivity index is 0.000000336. The Hall–Kier alpha value is -3.98. The summed E-state index contributed by atoms with van der Waals surface area (Å²) in [5.74, 6) is 1.20. The van der Waals surface area contributed by atoms with Crippen LogP contribution in [0.4, 0.5) is 13.2 Å². The fraction of sp³-hybridized carbons (Fsp3) is 0.214. The lowest BCUT2D eigenvalue weighted by molar-refractivity contribution is -0.137. The third-order valence-electron chi connectivity index (χ3n) is 5.33. The van der Waals surface area contributed by atoms with Crippen LogP contribution >= 0.6 is 11.6 Å². The van der Waals surface area contributed by atoms with E-state index in [2.05, 4.69) is 19.7 Å². The lowest BCUT2D eigenvalue weighted by Gasteiger charge is -2.09. The molecule has 10 heteroatoms. The fourth-order valence-corrected chi connectivity index (χ4v) is 3.46. The van der Waals surface area contributed by atoms with Crippen molar-refractivity contribution in [3.05, 3.63) is 106 Å². The van der Waals surface area contributed by atoms with Gasteiger partial charge in [-0.3, -0.25) is 4.79 Å². The molecule has 4 rings (SSSR count). The van der Waals surface area contributed by atoms with Gasteiger partial charge in [-0.15, -0.1) is 0 Å². The Kier molecular flexibility index (Phi) is 10.2. The average molecular weight is 544 g/mol. The lowest BCUT2D eigenvalue weighted by Crippen LogP contribution is -2.05. The maximum absolute atomic E-state index is 12.5. The van der Waals surface area contributed by atoms with E-state index in [9.17, 15) is 18.0 Å². The summed E-state index contributed by atoms with van der Waals surface area (Å²) in [5.41, 5.74) is 3.05. The predicted octanol–water partition coefficient (Wildman–Crippen LogP) is 7.35. The van der Waals surface area contributed by atoms with Crippen LogP contribution in [0.5, 0.6) is 17.4 Å². The summed E-state index contributed by atoms with van der Waals surface area (Å²) in [5, 5.41) is 0.607. The van der Waals surface area contributed by atoms with E-state index in [0.29, 0.717) is 23.0 Å². The minimum Gasteiger partial charge on any atom is -0.439 e. The fourth-order valence-electron chi connectivity index (χ4n) is 3.27. The van der Waals surface area contributed by atoms with E-state index in [1.807, 2.05) is 38.1 Å². The monoisotopic (exact) mass is 543 g/mol. The molecule has 38 heavy (non-hydrogen) atoms. The van der Waals surface area contributed by atoms with Crippen LogP contribution < -0.4 is 9.47 Å². The molecule has 0 radical (unpaired) electrons. The second-order valence-corrected chi connectivity index (χ2v) is 8.61. The second kappa shape index (κ2) is 13.5. The standard InChI is InChI=1S/C20H17ClF3N3O.C8H8O2/c1-13-19(21)17(27-12-26-13)4-2-3-14-5-8-16(9-6-14)28-18-10-7-15(11-25-18)20(22,23)24;1-7-2-4-8(5-3-7)10-6-9/h5-12H,2-4H2,1H3;2-6H,1H3. The van der Waals surface area contributed by atoms with E-state index in [-0.39, 0.29) is 5.88 Å². The number of alkyl halides is 3. The molecule has 0 bridgehead atoms. The molecule has 0 atom stereocenters. The van der Waals surface area contributed by atoms with Crippen LogP contribution in [0.25, 0.3) is 0 Å². The van der Waals surface area contributed by atoms with Crippen LogP contribution in [0.3, 0.4) is 0 Å². The van der Waals surface area contributed by atoms with E-state index in [0.717, 1.165) is 54.0 Å². The number of aromatic nitrogens is 3. The van der Waals surface area contributed by atoms with Gasteiger partial charge in [0.25, 0.3) is 6.47 Å². The van der Waals surface area contributed by atoms with Gasteiger partial charge >= 0.3 is 6.18 Å². The zero-order valence-corrected chi connectivity index (χ0v) is 21.5. The highest BCUT2D eigenvalue weighted by Gasteiger charge is 2.30. The summed E-state index contributed by atoms with van der Waals surface area (Å²) in [6.45, 7) is 4.24. The van der Waals surface area contributed by atoms with E-state index in [4.69, 9.17) is 16.3 Å². The SMILES string of the molecule is Cc1ccc(OC=O)cc1.Cc1ncnc(CCCc2ccc(Oc3ccc(C(F)(F)F)cn3)cc2)c1Cl. The van der Waals surface area contributed by atoms with Crippen molar-refractivity contribution in [3.8, 4) is 17.4 Å². The van der Waals surface area contributed by atoms with Crippen molar-refractivity contribution >= 4 is 18.1 Å². The number of rotatable bonds is 8. The lowest BCUT2D eigenvalue weighted by atomic mass is 10.1. The van der Waals surface area contributed by atoms with E-state index in [1.165, 1.54) is 12.4 Å². The van der Waals surface area contributed by atoms with Crippen molar-refractivity contribution < 1.29 is 27.4 Å². The summed E-state index contributed by atoms with van der Waals surface area (Å²) in [6.07, 6.45) is 0.300. The zero-order chi connectivity index (χ0) is 27.5. The summed E-state index contributed by atoms with van der Waals surface area (Å²) in [6, 6.07) is 16.8. The predicted molar refractivity (Wildman–Crippen MR) is 137 cm³/mol. The summed E-state index contributed by atoms with van der Waals surface area (Å²) >= 11 is 6.20. The molecule has 0 fully saturated rings. The molecule has 0 amide bonds. The number of halogens is 4. The Labute approximate surface area is 223 Å². The van der Waals surface area contributed by atoms with Crippen molar-refractivity contribution in [1.29, 1.82) is 0 Å². The molecule has 0 N–H and O–H groups in total. The maximum atomic E-state index is 12.5. The number of ether oxygens (including phenoxy) is 2. The molecule has 0 aliphatic heterocycles. The highest BCUT2D eigenvalue weighted by atomic mass is 35.5. The third-order valence-corrected chi connectivity index (χ3v) is 5.82. The molecule has 0 saturated heterocycles. The number of carbonyl (C=O) groups excluding carboxylic acids is 1. The maximum Gasteiger partial charge on any atom is 0.417 e. The number of hydrogen-bond acceptors (Lipinski definition) is 6. The first-order valence-electron chi connectivity index (χ1n) is 11.6. The van der Waals surface area contributed by atoms with E-state index in [1.54, 1.807) is 24.3 Å². The summed E-state index contributed by atoms with van der Waals surface area (Å²) in [7, 11) is 0. The van der Waals surface area contributed by atoms with Crippen LogP contribution in [0.1, 0.15) is 34.5 Å². The van der Waals surface area contributed by atoms with Gasteiger partial charge in [0.2, 0.25) is 5.88 Å². The van der Waals surface area contributed by atoms with Crippen LogP contribution in [0.2, 0.25) is 5.02 Å². The number of aryl methyl sites for hydroxylation is 4. The molecule has 0 saturated carbocycles. The molecule has 0 aliphatic rings. The van der Waals surface area contributed by atoms with Gasteiger partial charge in [0.05, 0.1) is 22.0 Å². The van der Waals surface area contributed by atoms with Crippen molar-refractivity contribution in [2.75, 3.05) is 0 Å². The highest BCUT2D eigenvalue weighted by Crippen LogP contribution is 2.30. The molecular formula is C28H25ClF3N3O3. The average Bonchev–Trinajstić information content (AvgIpc) is 2.89. The van der Waals surface area contributed by atoms with Gasteiger partial charge in [-0.05, 0) is 69.0 Å². The molecule has 6 nitrogen and oxygen atoms in total. The molecule has 198 valence electrons. The van der Waals surface area contributed by atoms with Gasteiger partial charge in [0, 0.05) is 12.3 Å². The molecule has 0 spiro atoms. The Bertz CT molecular complexity index is 1310. The zero-order valence-electron chi connectivity index (χ0n) is 20.7. The van der Waals surface area contributed by atoms with Gasteiger partial charge in [0.15, 0.2) is 0 Å². The first-order valence-corrected chi connectivity index (χ1v) is 12.0. The summed E-state index contributed by atoms with van der Waals surface area (Å²) in [4.78, 5) is 21.8. The van der Waals surface area contributed by atoms with Gasteiger partial charge in [0.1, 0.15) is 17.8 Å².